The van der Waals surface area contributed by atoms with Crippen molar-refractivity contribution in [3.8, 4) is 0 Å². The van der Waals surface area contributed by atoms with Gasteiger partial charge in [0.25, 0.3) is 0 Å². The van der Waals surface area contributed by atoms with Crippen LogP contribution in [0.5, 0.6) is 0 Å². The third-order valence-electron chi connectivity index (χ3n) is 2.17. The topological polar surface area (TPSA) is 57.2 Å². The molecule has 0 saturated carbocycles. The summed E-state index contributed by atoms with van der Waals surface area (Å²) in [7, 11) is -7.32. The molecule has 0 amide bonds. The van der Waals surface area contributed by atoms with E-state index in [9.17, 15) is 56.9 Å². The second-order valence-electron chi connectivity index (χ2n) is 3.79. The average Bonchev–Trinajstić information content (AvgIpc) is 2.22. The van der Waals surface area contributed by atoms with Crippen LogP contribution in [0.1, 0.15) is 12.8 Å². The SMILES string of the molecule is O=S(=O)([O-])C(F)(F)C(F)(F)C(F)(F)C(F)CCC(F)(F)F. The molecule has 1 unspecified atom stereocenters. The standard InChI is InChI=1S/C7H6F10O3S/c8-3(1-2-4(9,10)11)5(12,13)6(14,15)7(16,17)21(18,19)20/h3H,1-2H2,(H,18,19,20)/p-1. The molecule has 0 spiro atoms. The highest BCUT2D eigenvalue weighted by Crippen LogP contribution is 2.51. The highest BCUT2D eigenvalue weighted by molar-refractivity contribution is 7.86. The minimum atomic E-state index is -7.32. The van der Waals surface area contributed by atoms with E-state index in [0.717, 1.165) is 0 Å². The second kappa shape index (κ2) is 5.44. The van der Waals surface area contributed by atoms with Crippen molar-refractivity contribution in [1.29, 1.82) is 0 Å². The monoisotopic (exact) mass is 359 g/mol. The predicted octanol–water partition coefficient (Wildman–Crippen LogP) is 3.08. The first-order valence-corrected chi connectivity index (χ1v) is 6.08. The van der Waals surface area contributed by atoms with Crippen LogP contribution in [0.25, 0.3) is 0 Å². The predicted molar refractivity (Wildman–Crippen MR) is 44.7 cm³/mol. The van der Waals surface area contributed by atoms with Gasteiger partial charge in [-0.1, -0.05) is 0 Å². The fourth-order valence-electron chi connectivity index (χ4n) is 1.02. The van der Waals surface area contributed by atoms with Crippen LogP contribution in [0, 0.1) is 0 Å². The Hall–Kier alpha value is -0.790. The lowest BCUT2D eigenvalue weighted by Gasteiger charge is -2.35. The van der Waals surface area contributed by atoms with Crippen molar-refractivity contribution in [2.24, 2.45) is 0 Å². The summed E-state index contributed by atoms with van der Waals surface area (Å²) in [6.45, 7) is 0. The van der Waals surface area contributed by atoms with Crippen LogP contribution in [-0.2, 0) is 10.1 Å². The maximum Gasteiger partial charge on any atom is 0.402 e. The van der Waals surface area contributed by atoms with Gasteiger partial charge in [-0.15, -0.1) is 0 Å². The molecule has 128 valence electrons. The zero-order valence-electron chi connectivity index (χ0n) is 9.40. The Balaban J connectivity index is 5.48. The van der Waals surface area contributed by atoms with Gasteiger partial charge in [0.1, 0.15) is 0 Å². The average molecular weight is 359 g/mol. The maximum absolute atomic E-state index is 12.8. The molecule has 1 atom stereocenters. The fourth-order valence-corrected chi connectivity index (χ4v) is 1.47. The van der Waals surface area contributed by atoms with Crippen molar-refractivity contribution in [3.05, 3.63) is 0 Å². The summed E-state index contributed by atoms with van der Waals surface area (Å²) < 4.78 is 153. The fraction of sp³-hybridized carbons (Fsp3) is 1.00. The van der Waals surface area contributed by atoms with E-state index in [1.807, 2.05) is 0 Å². The van der Waals surface area contributed by atoms with Crippen molar-refractivity contribution in [3.63, 3.8) is 0 Å². The molecule has 3 nitrogen and oxygen atoms in total. The van der Waals surface area contributed by atoms with Gasteiger partial charge in [0.2, 0.25) is 0 Å². The third-order valence-corrected chi connectivity index (χ3v) is 3.06. The van der Waals surface area contributed by atoms with E-state index in [4.69, 9.17) is 0 Å². The minimum Gasteiger partial charge on any atom is -0.743 e. The molecule has 0 heterocycles. The quantitative estimate of drug-likeness (QED) is 0.541. The van der Waals surface area contributed by atoms with Gasteiger partial charge in [-0.3, -0.25) is 0 Å². The Kier molecular flexibility index (Phi) is 5.24. The Bertz CT molecular complexity index is 468. The number of hydrogen-bond acceptors (Lipinski definition) is 3. The van der Waals surface area contributed by atoms with Crippen LogP contribution in [0.3, 0.4) is 0 Å². The molecule has 0 N–H and O–H groups in total. The Morgan fingerprint density at radius 1 is 0.905 bits per heavy atom. The van der Waals surface area contributed by atoms with Gasteiger partial charge < -0.3 is 4.55 Å². The second-order valence-corrected chi connectivity index (χ2v) is 5.21. The van der Waals surface area contributed by atoms with Gasteiger partial charge in [-0.25, -0.2) is 12.8 Å². The first-order chi connectivity index (χ1) is 8.88. The molecule has 0 rings (SSSR count). The summed E-state index contributed by atoms with van der Waals surface area (Å²) in [6.07, 6.45) is -14.4. The number of halogens is 10. The van der Waals surface area contributed by atoms with E-state index in [2.05, 4.69) is 0 Å². The molecule has 0 aromatic rings. The van der Waals surface area contributed by atoms with Gasteiger partial charge in [0.15, 0.2) is 16.3 Å². The zero-order valence-corrected chi connectivity index (χ0v) is 10.2. The van der Waals surface area contributed by atoms with Crippen molar-refractivity contribution in [2.75, 3.05) is 0 Å². The van der Waals surface area contributed by atoms with Gasteiger partial charge in [-0.05, 0) is 6.42 Å². The van der Waals surface area contributed by atoms with Gasteiger partial charge >= 0.3 is 23.3 Å². The first-order valence-electron chi connectivity index (χ1n) is 4.67. The molecule has 0 fully saturated rings. The van der Waals surface area contributed by atoms with Gasteiger partial charge in [0.05, 0.1) is 0 Å². The van der Waals surface area contributed by atoms with Crippen LogP contribution in [0.2, 0.25) is 0 Å². The van der Waals surface area contributed by atoms with Crippen molar-refractivity contribution < 1.29 is 56.9 Å². The molecule has 0 aromatic carbocycles. The minimum absolute atomic E-state index is 2.33. The summed E-state index contributed by atoms with van der Waals surface area (Å²) in [5.74, 6) is -13.6. The molecule has 0 bridgehead atoms. The summed E-state index contributed by atoms with van der Waals surface area (Å²) >= 11 is 0. The van der Waals surface area contributed by atoms with Gasteiger partial charge in [0, 0.05) is 6.42 Å². The van der Waals surface area contributed by atoms with Gasteiger partial charge in [-0.2, -0.15) is 39.5 Å². The maximum atomic E-state index is 12.8. The van der Waals surface area contributed by atoms with Crippen LogP contribution in [0.15, 0.2) is 0 Å². The molecular weight excluding hydrogens is 354 g/mol. The molecule has 14 heteroatoms. The molecule has 0 aliphatic heterocycles. The molecule has 0 aliphatic rings. The summed E-state index contributed by atoms with van der Waals surface area (Å²) in [5, 5.41) is -6.91. The van der Waals surface area contributed by atoms with Crippen molar-refractivity contribution in [2.45, 2.75) is 42.3 Å². The van der Waals surface area contributed by atoms with Crippen LogP contribution in [0.4, 0.5) is 43.9 Å². The smallest absolute Gasteiger partial charge is 0.402 e. The largest absolute Gasteiger partial charge is 0.743 e. The highest BCUT2D eigenvalue weighted by Gasteiger charge is 2.77. The van der Waals surface area contributed by atoms with E-state index in [-0.39, 0.29) is 0 Å². The van der Waals surface area contributed by atoms with Crippen molar-refractivity contribution >= 4 is 10.1 Å². The summed E-state index contributed by atoms with van der Waals surface area (Å²) in [5.41, 5.74) is 0. The summed E-state index contributed by atoms with van der Waals surface area (Å²) in [6, 6.07) is 0. The lowest BCUT2D eigenvalue weighted by atomic mass is 10.0. The van der Waals surface area contributed by atoms with Crippen molar-refractivity contribution in [1.82, 2.24) is 0 Å². The summed E-state index contributed by atoms with van der Waals surface area (Å²) in [4.78, 5) is 0. The number of alkyl halides is 10. The lowest BCUT2D eigenvalue weighted by molar-refractivity contribution is -0.302. The van der Waals surface area contributed by atoms with Crippen LogP contribution >= 0.6 is 0 Å². The molecule has 0 aliphatic carbocycles. The molecular formula is C7H5F10O3S-. The van der Waals surface area contributed by atoms with E-state index in [1.165, 1.54) is 0 Å². The zero-order chi connectivity index (χ0) is 17.5. The number of hydrogen-bond donors (Lipinski definition) is 0. The molecule has 0 aromatic heterocycles. The van der Waals surface area contributed by atoms with E-state index < -0.39 is 52.4 Å². The lowest BCUT2D eigenvalue weighted by Crippen LogP contribution is -2.61. The van der Waals surface area contributed by atoms with E-state index in [1.54, 1.807) is 0 Å². The van der Waals surface area contributed by atoms with E-state index >= 15 is 0 Å². The third kappa shape index (κ3) is 3.90. The normalized spacial score (nSPS) is 16.9. The Morgan fingerprint density at radius 2 is 1.29 bits per heavy atom. The first kappa shape index (κ1) is 20.2. The Morgan fingerprint density at radius 3 is 1.57 bits per heavy atom. The molecule has 21 heavy (non-hydrogen) atoms. The van der Waals surface area contributed by atoms with Crippen LogP contribution < -0.4 is 0 Å². The molecule has 0 radical (unpaired) electrons. The van der Waals surface area contributed by atoms with E-state index in [0.29, 0.717) is 0 Å². The Labute approximate surface area is 110 Å². The van der Waals surface area contributed by atoms with Crippen LogP contribution in [-0.4, -0.2) is 42.4 Å². The molecule has 0 saturated heterocycles. The highest BCUT2D eigenvalue weighted by atomic mass is 32.2. The number of rotatable bonds is 6.